The van der Waals surface area contributed by atoms with E-state index in [1.807, 2.05) is 0 Å². The maximum absolute atomic E-state index is 11.8. The van der Waals surface area contributed by atoms with Gasteiger partial charge in [0.25, 0.3) is 5.91 Å². The highest BCUT2D eigenvalue weighted by Crippen LogP contribution is 2.24. The predicted octanol–water partition coefficient (Wildman–Crippen LogP) is 1.29. The summed E-state index contributed by atoms with van der Waals surface area (Å²) in [7, 11) is 1.46. The van der Waals surface area contributed by atoms with Crippen molar-refractivity contribution in [3.05, 3.63) is 29.5 Å². The van der Waals surface area contributed by atoms with Crippen LogP contribution in [0.1, 0.15) is 6.92 Å². The summed E-state index contributed by atoms with van der Waals surface area (Å²) >= 11 is 6.03. The number of nitrogens with one attached hydrogen (secondary N) is 1. The van der Waals surface area contributed by atoms with E-state index < -0.39 is 6.10 Å². The van der Waals surface area contributed by atoms with Crippen molar-refractivity contribution in [3.63, 3.8) is 0 Å². The molecule has 1 amide bonds. The first-order valence-corrected chi connectivity index (χ1v) is 5.86. The summed E-state index contributed by atoms with van der Waals surface area (Å²) in [6.45, 7) is 1.65. The van der Waals surface area contributed by atoms with Crippen LogP contribution in [0.3, 0.4) is 0 Å². The molecule has 7 nitrogen and oxygen atoms in total. The van der Waals surface area contributed by atoms with Gasteiger partial charge in [-0.2, -0.15) is 0 Å². The topological polar surface area (TPSA) is 81.9 Å². The number of amides is 1. The maximum Gasteiger partial charge on any atom is 0.253 e. The van der Waals surface area contributed by atoms with Crippen LogP contribution in [-0.2, 0) is 9.53 Å². The quantitative estimate of drug-likeness (QED) is 0.913. The van der Waals surface area contributed by atoms with E-state index in [0.29, 0.717) is 16.4 Å². The van der Waals surface area contributed by atoms with Crippen LogP contribution in [0.4, 0.5) is 5.69 Å². The van der Waals surface area contributed by atoms with E-state index in [1.165, 1.54) is 18.1 Å². The molecule has 0 fully saturated rings. The summed E-state index contributed by atoms with van der Waals surface area (Å²) in [6.07, 6.45) is 0.889. The van der Waals surface area contributed by atoms with Crippen molar-refractivity contribution in [3.8, 4) is 5.69 Å². The number of aromatic nitrogens is 4. The number of nitrogens with zero attached hydrogens (tertiary/aromatic N) is 4. The summed E-state index contributed by atoms with van der Waals surface area (Å²) in [5.74, 6) is -0.279. The number of hydrogen-bond acceptors (Lipinski definition) is 5. The fourth-order valence-corrected chi connectivity index (χ4v) is 1.54. The van der Waals surface area contributed by atoms with Crippen molar-refractivity contribution < 1.29 is 9.53 Å². The van der Waals surface area contributed by atoms with Crippen LogP contribution >= 0.6 is 11.6 Å². The number of benzene rings is 1. The van der Waals surface area contributed by atoms with E-state index in [2.05, 4.69) is 20.8 Å². The van der Waals surface area contributed by atoms with E-state index >= 15 is 0 Å². The second-order valence-electron chi connectivity index (χ2n) is 3.79. The monoisotopic (exact) mass is 281 g/mol. The number of methoxy groups -OCH3 is 1. The largest absolute Gasteiger partial charge is 0.372 e. The van der Waals surface area contributed by atoms with E-state index in [9.17, 15) is 4.79 Å². The number of tetrazole rings is 1. The zero-order chi connectivity index (χ0) is 13.8. The highest BCUT2D eigenvalue weighted by Gasteiger charge is 2.14. The lowest BCUT2D eigenvalue weighted by atomic mass is 10.2. The van der Waals surface area contributed by atoms with Crippen molar-refractivity contribution in [2.24, 2.45) is 0 Å². The number of halogens is 1. The molecule has 1 aromatic carbocycles. The minimum absolute atomic E-state index is 0.279. The third-order valence-electron chi connectivity index (χ3n) is 2.54. The summed E-state index contributed by atoms with van der Waals surface area (Å²) in [5, 5.41) is 14.0. The molecule has 1 atom stereocenters. The molecule has 0 aliphatic rings. The molecule has 0 saturated heterocycles. The molecule has 1 N–H and O–H groups in total. The average Bonchev–Trinajstić information content (AvgIpc) is 2.94. The van der Waals surface area contributed by atoms with E-state index in [-0.39, 0.29) is 5.91 Å². The molecule has 1 heterocycles. The second-order valence-corrected chi connectivity index (χ2v) is 4.19. The number of hydrogen-bond donors (Lipinski definition) is 1. The number of ether oxygens (including phenoxy) is 1. The summed E-state index contributed by atoms with van der Waals surface area (Å²) < 4.78 is 6.40. The Bertz CT molecular complexity index is 572. The lowest BCUT2D eigenvalue weighted by Crippen LogP contribution is -2.26. The molecule has 0 saturated carbocycles. The van der Waals surface area contributed by atoms with E-state index in [4.69, 9.17) is 16.3 Å². The lowest BCUT2D eigenvalue weighted by Gasteiger charge is -2.12. The Hall–Kier alpha value is -1.99. The van der Waals surface area contributed by atoms with Crippen LogP contribution in [0.25, 0.3) is 5.69 Å². The third-order valence-corrected chi connectivity index (χ3v) is 2.87. The van der Waals surface area contributed by atoms with Gasteiger partial charge in [0.1, 0.15) is 12.4 Å². The fourth-order valence-electron chi connectivity index (χ4n) is 1.37. The standard InChI is InChI=1S/C11H12ClN5O2/c1-7(19-2)11(18)14-10-5-8(3-4-9(10)12)17-6-13-15-16-17/h3-7H,1-2H3,(H,14,18). The first-order chi connectivity index (χ1) is 9.11. The van der Waals surface area contributed by atoms with Crippen molar-refractivity contribution >= 4 is 23.2 Å². The molecular weight excluding hydrogens is 270 g/mol. The highest BCUT2D eigenvalue weighted by molar-refractivity contribution is 6.33. The van der Waals surface area contributed by atoms with Crippen molar-refractivity contribution in [2.45, 2.75) is 13.0 Å². The smallest absolute Gasteiger partial charge is 0.253 e. The molecule has 2 rings (SSSR count). The molecule has 2 aromatic rings. The Morgan fingerprint density at radius 2 is 2.32 bits per heavy atom. The van der Waals surface area contributed by atoms with Crippen LogP contribution < -0.4 is 5.32 Å². The predicted molar refractivity (Wildman–Crippen MR) is 69.3 cm³/mol. The van der Waals surface area contributed by atoms with Crippen molar-refractivity contribution in [2.75, 3.05) is 12.4 Å². The number of carbonyl (C=O) groups is 1. The molecule has 19 heavy (non-hydrogen) atoms. The third kappa shape index (κ3) is 3.07. The van der Waals surface area contributed by atoms with Crippen LogP contribution in [0, 0.1) is 0 Å². The molecule has 8 heteroatoms. The first kappa shape index (κ1) is 13.4. The second kappa shape index (κ2) is 5.77. The van der Waals surface area contributed by atoms with E-state index in [1.54, 1.807) is 25.1 Å². The summed E-state index contributed by atoms with van der Waals surface area (Å²) in [6, 6.07) is 5.08. The van der Waals surface area contributed by atoms with Crippen LogP contribution in [-0.4, -0.2) is 39.3 Å². The van der Waals surface area contributed by atoms with Gasteiger partial charge in [-0.1, -0.05) is 11.6 Å². The normalized spacial score (nSPS) is 12.2. The lowest BCUT2D eigenvalue weighted by molar-refractivity contribution is -0.124. The Morgan fingerprint density at radius 3 is 2.95 bits per heavy atom. The molecule has 0 radical (unpaired) electrons. The van der Waals surface area contributed by atoms with Gasteiger partial charge in [-0.05, 0) is 35.5 Å². The molecule has 1 unspecified atom stereocenters. The number of anilines is 1. The average molecular weight is 282 g/mol. The molecule has 0 aliphatic carbocycles. The van der Waals surface area contributed by atoms with Gasteiger partial charge in [0.05, 0.1) is 16.4 Å². The van der Waals surface area contributed by atoms with Gasteiger partial charge in [-0.25, -0.2) is 4.68 Å². The molecule has 1 aromatic heterocycles. The Labute approximate surface area is 114 Å². The van der Waals surface area contributed by atoms with Gasteiger partial charge in [0.15, 0.2) is 0 Å². The van der Waals surface area contributed by atoms with Gasteiger partial charge in [0.2, 0.25) is 0 Å². The summed E-state index contributed by atoms with van der Waals surface area (Å²) in [4.78, 5) is 11.8. The van der Waals surface area contributed by atoms with Gasteiger partial charge < -0.3 is 10.1 Å². The molecule has 0 bridgehead atoms. The zero-order valence-corrected chi connectivity index (χ0v) is 11.1. The van der Waals surface area contributed by atoms with Crippen LogP contribution in [0.5, 0.6) is 0 Å². The fraction of sp³-hybridized carbons (Fsp3) is 0.273. The maximum atomic E-state index is 11.8. The van der Waals surface area contributed by atoms with Gasteiger partial charge in [-0.15, -0.1) is 5.10 Å². The first-order valence-electron chi connectivity index (χ1n) is 5.48. The Morgan fingerprint density at radius 1 is 1.53 bits per heavy atom. The van der Waals surface area contributed by atoms with Crippen LogP contribution in [0.2, 0.25) is 5.02 Å². The van der Waals surface area contributed by atoms with E-state index in [0.717, 1.165) is 0 Å². The zero-order valence-electron chi connectivity index (χ0n) is 10.4. The number of carbonyl (C=O) groups excluding carboxylic acids is 1. The SMILES string of the molecule is COC(C)C(=O)Nc1cc(-n2cnnn2)ccc1Cl. The molecule has 0 spiro atoms. The Kier molecular flexibility index (Phi) is 4.08. The molecular formula is C11H12ClN5O2. The Balaban J connectivity index is 2.25. The number of rotatable bonds is 4. The minimum atomic E-state index is -0.562. The van der Waals surface area contributed by atoms with Crippen LogP contribution in [0.15, 0.2) is 24.5 Å². The molecule has 0 aliphatic heterocycles. The van der Waals surface area contributed by atoms with Crippen molar-refractivity contribution in [1.29, 1.82) is 0 Å². The van der Waals surface area contributed by atoms with Gasteiger partial charge in [-0.3, -0.25) is 4.79 Å². The van der Waals surface area contributed by atoms with Gasteiger partial charge >= 0.3 is 0 Å². The summed E-state index contributed by atoms with van der Waals surface area (Å²) in [5.41, 5.74) is 1.17. The minimum Gasteiger partial charge on any atom is -0.372 e. The van der Waals surface area contributed by atoms with Gasteiger partial charge in [0, 0.05) is 7.11 Å². The van der Waals surface area contributed by atoms with Crippen molar-refractivity contribution in [1.82, 2.24) is 20.2 Å². The highest BCUT2D eigenvalue weighted by atomic mass is 35.5. The molecule has 100 valence electrons.